The molecular weight excluding hydrogens is 220 g/mol. The standard InChI is InChI=1S/C9H8O3S2/c10-14(11,12)9-6-2-1-4-8(9)5-3-7-13/h1-2,4,6,13H,7H2,(H,10,11,12). The maximum Gasteiger partial charge on any atom is 0.295 e. The molecule has 0 unspecified atom stereocenters. The molecule has 14 heavy (non-hydrogen) atoms. The van der Waals surface area contributed by atoms with E-state index in [2.05, 4.69) is 24.5 Å². The van der Waals surface area contributed by atoms with Gasteiger partial charge in [-0.25, -0.2) is 0 Å². The predicted molar refractivity (Wildman–Crippen MR) is 57.0 cm³/mol. The maximum atomic E-state index is 10.9. The molecule has 0 aliphatic heterocycles. The Labute approximate surface area is 88.3 Å². The number of rotatable bonds is 1. The third kappa shape index (κ3) is 2.77. The fraction of sp³-hybridized carbons (Fsp3) is 0.111. The van der Waals surface area contributed by atoms with Crippen molar-refractivity contribution in [2.45, 2.75) is 4.90 Å². The summed E-state index contributed by atoms with van der Waals surface area (Å²) >= 11 is 3.87. The van der Waals surface area contributed by atoms with Crippen LogP contribution in [0.1, 0.15) is 5.56 Å². The van der Waals surface area contributed by atoms with Crippen molar-refractivity contribution in [3.63, 3.8) is 0 Å². The molecule has 0 amide bonds. The molecule has 0 saturated carbocycles. The van der Waals surface area contributed by atoms with E-state index in [-0.39, 0.29) is 10.5 Å². The van der Waals surface area contributed by atoms with Gasteiger partial charge in [0.15, 0.2) is 0 Å². The molecule has 0 radical (unpaired) electrons. The van der Waals surface area contributed by atoms with Gasteiger partial charge in [-0.2, -0.15) is 21.0 Å². The molecule has 0 spiro atoms. The van der Waals surface area contributed by atoms with Gasteiger partial charge in [-0.3, -0.25) is 4.55 Å². The van der Waals surface area contributed by atoms with Gasteiger partial charge < -0.3 is 0 Å². The Morgan fingerprint density at radius 1 is 1.36 bits per heavy atom. The second kappa shape index (κ2) is 4.51. The molecule has 74 valence electrons. The molecule has 5 heteroatoms. The van der Waals surface area contributed by atoms with Gasteiger partial charge in [-0.1, -0.05) is 24.0 Å². The van der Waals surface area contributed by atoms with Crippen LogP contribution in [0.5, 0.6) is 0 Å². The fourth-order valence-corrected chi connectivity index (χ4v) is 1.66. The third-order valence-corrected chi connectivity index (χ3v) is 2.54. The number of hydrogen-bond acceptors (Lipinski definition) is 3. The molecule has 0 bridgehead atoms. The van der Waals surface area contributed by atoms with Crippen LogP contribution in [0.25, 0.3) is 0 Å². The first-order valence-corrected chi connectivity index (χ1v) is 5.79. The molecule has 1 rings (SSSR count). The van der Waals surface area contributed by atoms with E-state index in [1.54, 1.807) is 6.07 Å². The minimum absolute atomic E-state index is 0.172. The van der Waals surface area contributed by atoms with E-state index in [0.717, 1.165) is 0 Å². The highest BCUT2D eigenvalue weighted by atomic mass is 32.2. The monoisotopic (exact) mass is 228 g/mol. The van der Waals surface area contributed by atoms with Crippen molar-refractivity contribution in [3.05, 3.63) is 29.8 Å². The molecule has 0 aliphatic carbocycles. The topological polar surface area (TPSA) is 54.4 Å². The fourth-order valence-electron chi connectivity index (χ4n) is 0.930. The zero-order valence-electron chi connectivity index (χ0n) is 7.14. The number of hydrogen-bond donors (Lipinski definition) is 2. The van der Waals surface area contributed by atoms with Gasteiger partial charge in [0.25, 0.3) is 10.1 Å². The minimum atomic E-state index is -4.19. The van der Waals surface area contributed by atoms with Crippen molar-refractivity contribution in [1.29, 1.82) is 0 Å². The largest absolute Gasteiger partial charge is 0.295 e. The molecule has 1 aromatic carbocycles. The molecule has 3 nitrogen and oxygen atoms in total. The maximum absolute atomic E-state index is 10.9. The van der Waals surface area contributed by atoms with Crippen LogP contribution in [0.15, 0.2) is 29.2 Å². The number of benzene rings is 1. The Hall–Kier alpha value is -0.960. The second-order valence-corrected chi connectivity index (χ2v) is 4.14. The average Bonchev–Trinajstić information content (AvgIpc) is 2.14. The van der Waals surface area contributed by atoms with E-state index in [9.17, 15) is 8.42 Å². The zero-order valence-corrected chi connectivity index (χ0v) is 8.85. The van der Waals surface area contributed by atoms with Gasteiger partial charge in [-0.15, -0.1) is 0 Å². The summed E-state index contributed by atoms with van der Waals surface area (Å²) in [7, 11) is -4.19. The van der Waals surface area contributed by atoms with Gasteiger partial charge in [-0.05, 0) is 12.1 Å². The Morgan fingerprint density at radius 3 is 2.57 bits per heavy atom. The summed E-state index contributed by atoms with van der Waals surface area (Å²) in [6.45, 7) is 0. The smallest absolute Gasteiger partial charge is 0.282 e. The Morgan fingerprint density at radius 2 is 2.00 bits per heavy atom. The summed E-state index contributed by atoms with van der Waals surface area (Å²) in [6, 6.07) is 6.00. The normalized spacial score (nSPS) is 10.4. The molecule has 0 aromatic heterocycles. The van der Waals surface area contributed by atoms with Gasteiger partial charge in [0.2, 0.25) is 0 Å². The van der Waals surface area contributed by atoms with Crippen molar-refractivity contribution < 1.29 is 13.0 Å². The molecule has 1 aromatic rings. The number of thiol groups is 1. The van der Waals surface area contributed by atoms with Crippen LogP contribution in [0.4, 0.5) is 0 Å². The van der Waals surface area contributed by atoms with Crippen LogP contribution in [0.2, 0.25) is 0 Å². The van der Waals surface area contributed by atoms with Crippen LogP contribution in [-0.2, 0) is 10.1 Å². The Bertz CT molecular complexity index is 480. The highest BCUT2D eigenvalue weighted by molar-refractivity contribution is 7.85. The molecule has 0 heterocycles. The molecule has 0 saturated heterocycles. The SMILES string of the molecule is O=S(=O)(O)c1ccccc1C#CCS. The lowest BCUT2D eigenvalue weighted by Crippen LogP contribution is -2.00. The van der Waals surface area contributed by atoms with Crippen LogP contribution >= 0.6 is 12.6 Å². The first kappa shape index (κ1) is 11.1. The first-order chi connectivity index (χ1) is 6.55. The van der Waals surface area contributed by atoms with Crippen LogP contribution in [0, 0.1) is 11.8 Å². The summed E-state index contributed by atoms with van der Waals surface area (Å²) in [4.78, 5) is -0.172. The Kier molecular flexibility index (Phi) is 3.58. The summed E-state index contributed by atoms with van der Waals surface area (Å²) in [5, 5.41) is 0. The van der Waals surface area contributed by atoms with Crippen LogP contribution in [0.3, 0.4) is 0 Å². The van der Waals surface area contributed by atoms with E-state index >= 15 is 0 Å². The van der Waals surface area contributed by atoms with Crippen molar-refractivity contribution in [3.8, 4) is 11.8 Å². The van der Waals surface area contributed by atoms with Gasteiger partial charge in [0.05, 0.1) is 5.75 Å². The quantitative estimate of drug-likeness (QED) is 0.431. The Balaban J connectivity index is 3.31. The van der Waals surface area contributed by atoms with Crippen LogP contribution in [-0.4, -0.2) is 18.7 Å². The van der Waals surface area contributed by atoms with E-state index in [1.807, 2.05) is 0 Å². The predicted octanol–water partition coefficient (Wildman–Crippen LogP) is 1.21. The van der Waals surface area contributed by atoms with Crippen LogP contribution < -0.4 is 0 Å². The van der Waals surface area contributed by atoms with Crippen molar-refractivity contribution in [2.75, 3.05) is 5.75 Å². The lowest BCUT2D eigenvalue weighted by Gasteiger charge is -1.98. The molecular formula is C9H8O3S2. The van der Waals surface area contributed by atoms with Gasteiger partial charge in [0, 0.05) is 5.56 Å². The van der Waals surface area contributed by atoms with Crippen molar-refractivity contribution >= 4 is 22.7 Å². The van der Waals surface area contributed by atoms with E-state index in [1.165, 1.54) is 18.2 Å². The first-order valence-electron chi connectivity index (χ1n) is 3.72. The van der Waals surface area contributed by atoms with E-state index in [0.29, 0.717) is 5.75 Å². The molecule has 0 atom stereocenters. The molecule has 0 aliphatic rings. The molecule has 1 N–H and O–H groups in total. The summed E-state index contributed by atoms with van der Waals surface area (Å²) < 4.78 is 30.6. The van der Waals surface area contributed by atoms with E-state index < -0.39 is 10.1 Å². The van der Waals surface area contributed by atoms with Gasteiger partial charge >= 0.3 is 0 Å². The summed E-state index contributed by atoms with van der Waals surface area (Å²) in [6.07, 6.45) is 0. The van der Waals surface area contributed by atoms with Gasteiger partial charge in [0.1, 0.15) is 4.90 Å². The summed E-state index contributed by atoms with van der Waals surface area (Å²) in [5.74, 6) is 5.55. The zero-order chi connectivity index (χ0) is 10.6. The van der Waals surface area contributed by atoms with E-state index in [4.69, 9.17) is 4.55 Å². The highest BCUT2D eigenvalue weighted by Gasteiger charge is 2.12. The minimum Gasteiger partial charge on any atom is -0.282 e. The lowest BCUT2D eigenvalue weighted by atomic mass is 10.2. The third-order valence-electron chi connectivity index (χ3n) is 1.47. The van der Waals surface area contributed by atoms with Crippen molar-refractivity contribution in [2.24, 2.45) is 0 Å². The second-order valence-electron chi connectivity index (χ2n) is 2.43. The highest BCUT2D eigenvalue weighted by Crippen LogP contribution is 2.13. The lowest BCUT2D eigenvalue weighted by molar-refractivity contribution is 0.483. The van der Waals surface area contributed by atoms with Crippen molar-refractivity contribution in [1.82, 2.24) is 0 Å². The average molecular weight is 228 g/mol. The summed E-state index contributed by atoms with van der Waals surface area (Å²) in [5.41, 5.74) is 0.282. The molecule has 0 fully saturated rings.